The lowest BCUT2D eigenvalue weighted by atomic mass is 10.1. The van der Waals surface area contributed by atoms with E-state index >= 15 is 0 Å². The molecule has 0 aromatic heterocycles. The fraction of sp³-hybridized carbons (Fsp3) is 0.533. The van der Waals surface area contributed by atoms with Crippen LogP contribution in [0.25, 0.3) is 0 Å². The van der Waals surface area contributed by atoms with Crippen molar-refractivity contribution in [2.75, 3.05) is 33.9 Å². The van der Waals surface area contributed by atoms with Crippen molar-refractivity contribution >= 4 is 17.5 Å². The van der Waals surface area contributed by atoms with E-state index in [1.54, 1.807) is 0 Å². The molecule has 0 aliphatic carbocycles. The minimum absolute atomic E-state index is 0.233. The topological polar surface area (TPSA) is 76.8 Å². The molecule has 7 heteroatoms. The van der Waals surface area contributed by atoms with Crippen LogP contribution in [0.1, 0.15) is 12.0 Å². The molecule has 1 fully saturated rings. The normalized spacial score (nSPS) is 17.7. The molecule has 0 saturated carbocycles. The van der Waals surface area contributed by atoms with Crippen molar-refractivity contribution in [2.24, 2.45) is 5.73 Å². The van der Waals surface area contributed by atoms with E-state index in [9.17, 15) is 4.79 Å². The van der Waals surface area contributed by atoms with Gasteiger partial charge in [-0.25, -0.2) is 0 Å². The number of nitrogens with one attached hydrogen (secondary N) is 1. The largest absolute Gasteiger partial charge is 0.493 e. The zero-order valence-corrected chi connectivity index (χ0v) is 13.7. The highest BCUT2D eigenvalue weighted by molar-refractivity contribution is 6.32. The number of benzene rings is 1. The SMILES string of the molecule is COc1cc(CN(C)C2CCNC2)cc(Cl)c1OCC(N)=O. The van der Waals surface area contributed by atoms with E-state index in [4.69, 9.17) is 26.8 Å². The second kappa shape index (κ2) is 7.67. The minimum atomic E-state index is -0.560. The number of hydrogen-bond acceptors (Lipinski definition) is 5. The molecule has 0 spiro atoms. The third kappa shape index (κ3) is 4.25. The molecular formula is C15H22ClN3O3. The third-order valence-electron chi connectivity index (χ3n) is 3.74. The first-order chi connectivity index (χ1) is 10.5. The molecule has 1 aromatic rings. The Kier molecular flexibility index (Phi) is 5.88. The molecule has 1 amide bonds. The number of carbonyl (C=O) groups is 1. The van der Waals surface area contributed by atoms with E-state index in [1.165, 1.54) is 7.11 Å². The number of nitrogens with two attached hydrogens (primary N) is 1. The van der Waals surface area contributed by atoms with Crippen molar-refractivity contribution in [1.29, 1.82) is 0 Å². The maximum Gasteiger partial charge on any atom is 0.255 e. The Bertz CT molecular complexity index is 533. The van der Waals surface area contributed by atoms with Crippen LogP contribution in [0, 0.1) is 0 Å². The van der Waals surface area contributed by atoms with Gasteiger partial charge >= 0.3 is 0 Å². The summed E-state index contributed by atoms with van der Waals surface area (Å²) in [6.45, 7) is 2.59. The molecule has 6 nitrogen and oxygen atoms in total. The number of amides is 1. The van der Waals surface area contributed by atoms with Gasteiger partial charge < -0.3 is 20.5 Å². The maximum atomic E-state index is 10.8. The van der Waals surface area contributed by atoms with Gasteiger partial charge in [0.1, 0.15) is 0 Å². The van der Waals surface area contributed by atoms with Crippen LogP contribution in [0.2, 0.25) is 5.02 Å². The Morgan fingerprint density at radius 3 is 2.91 bits per heavy atom. The predicted molar refractivity (Wildman–Crippen MR) is 85.4 cm³/mol. The van der Waals surface area contributed by atoms with E-state index in [0.29, 0.717) is 22.6 Å². The summed E-state index contributed by atoms with van der Waals surface area (Å²) in [4.78, 5) is 13.1. The lowest BCUT2D eigenvalue weighted by Gasteiger charge is -2.24. The first-order valence-corrected chi connectivity index (χ1v) is 7.57. The van der Waals surface area contributed by atoms with Crippen molar-refractivity contribution in [3.05, 3.63) is 22.7 Å². The van der Waals surface area contributed by atoms with Gasteiger partial charge in [0.25, 0.3) is 5.91 Å². The van der Waals surface area contributed by atoms with Crippen LogP contribution in [-0.2, 0) is 11.3 Å². The quantitative estimate of drug-likeness (QED) is 0.781. The van der Waals surface area contributed by atoms with Crippen molar-refractivity contribution in [1.82, 2.24) is 10.2 Å². The highest BCUT2D eigenvalue weighted by atomic mass is 35.5. The lowest BCUT2D eigenvalue weighted by Crippen LogP contribution is -2.32. The van der Waals surface area contributed by atoms with Crippen LogP contribution in [0.4, 0.5) is 0 Å². The van der Waals surface area contributed by atoms with Gasteiger partial charge in [-0.1, -0.05) is 11.6 Å². The Morgan fingerprint density at radius 1 is 1.55 bits per heavy atom. The summed E-state index contributed by atoms with van der Waals surface area (Å²) in [6, 6.07) is 4.23. The van der Waals surface area contributed by atoms with Crippen molar-refractivity contribution in [3.63, 3.8) is 0 Å². The van der Waals surface area contributed by atoms with Crippen LogP contribution >= 0.6 is 11.6 Å². The molecule has 122 valence electrons. The van der Waals surface area contributed by atoms with E-state index in [0.717, 1.165) is 31.6 Å². The Hall–Kier alpha value is -1.50. The summed E-state index contributed by atoms with van der Waals surface area (Å²) >= 11 is 6.25. The van der Waals surface area contributed by atoms with E-state index in [2.05, 4.69) is 17.3 Å². The van der Waals surface area contributed by atoms with Gasteiger partial charge in [0.05, 0.1) is 12.1 Å². The molecule has 1 unspecified atom stereocenters. The Labute approximate surface area is 135 Å². The molecule has 1 saturated heterocycles. The summed E-state index contributed by atoms with van der Waals surface area (Å²) in [5, 5.41) is 3.76. The van der Waals surface area contributed by atoms with E-state index in [1.807, 2.05) is 12.1 Å². The molecule has 2 rings (SSSR count). The monoisotopic (exact) mass is 327 g/mol. The van der Waals surface area contributed by atoms with E-state index in [-0.39, 0.29) is 6.61 Å². The van der Waals surface area contributed by atoms with Gasteiger partial charge in [0, 0.05) is 19.1 Å². The zero-order chi connectivity index (χ0) is 16.1. The number of rotatable bonds is 7. The van der Waals surface area contributed by atoms with Crippen LogP contribution in [0.3, 0.4) is 0 Å². The zero-order valence-electron chi connectivity index (χ0n) is 12.9. The molecule has 0 radical (unpaired) electrons. The van der Waals surface area contributed by atoms with Crippen molar-refractivity contribution < 1.29 is 14.3 Å². The van der Waals surface area contributed by atoms with Gasteiger partial charge in [-0.3, -0.25) is 9.69 Å². The predicted octanol–water partition coefficient (Wildman–Crippen LogP) is 1.01. The van der Waals surface area contributed by atoms with Gasteiger partial charge in [0.15, 0.2) is 18.1 Å². The fourth-order valence-electron chi connectivity index (χ4n) is 2.58. The molecule has 1 atom stereocenters. The van der Waals surface area contributed by atoms with Crippen LogP contribution in [0.5, 0.6) is 11.5 Å². The van der Waals surface area contributed by atoms with E-state index < -0.39 is 5.91 Å². The first kappa shape index (κ1) is 16.9. The molecule has 1 heterocycles. The number of methoxy groups -OCH3 is 1. The first-order valence-electron chi connectivity index (χ1n) is 7.19. The third-order valence-corrected chi connectivity index (χ3v) is 4.02. The minimum Gasteiger partial charge on any atom is -0.493 e. The summed E-state index contributed by atoms with van der Waals surface area (Å²) in [5.74, 6) is 0.286. The van der Waals surface area contributed by atoms with Gasteiger partial charge in [0.2, 0.25) is 0 Å². The molecule has 22 heavy (non-hydrogen) atoms. The summed E-state index contributed by atoms with van der Waals surface area (Å²) in [7, 11) is 3.63. The second-order valence-corrected chi connectivity index (χ2v) is 5.83. The molecule has 0 bridgehead atoms. The van der Waals surface area contributed by atoms with Crippen molar-refractivity contribution in [2.45, 2.75) is 19.0 Å². The fourth-order valence-corrected chi connectivity index (χ4v) is 2.87. The number of halogens is 1. The average molecular weight is 328 g/mol. The summed E-state index contributed by atoms with van der Waals surface area (Å²) in [5.41, 5.74) is 6.12. The number of primary amides is 1. The van der Waals surface area contributed by atoms with Gasteiger partial charge in [-0.15, -0.1) is 0 Å². The van der Waals surface area contributed by atoms with Crippen molar-refractivity contribution in [3.8, 4) is 11.5 Å². The number of hydrogen-bond donors (Lipinski definition) is 2. The lowest BCUT2D eigenvalue weighted by molar-refractivity contribution is -0.119. The maximum absolute atomic E-state index is 10.8. The number of likely N-dealkylation sites (N-methyl/N-ethyl adjacent to an activating group) is 1. The molecular weight excluding hydrogens is 306 g/mol. The Morgan fingerprint density at radius 2 is 2.32 bits per heavy atom. The molecule has 1 aromatic carbocycles. The highest BCUT2D eigenvalue weighted by Gasteiger charge is 2.20. The van der Waals surface area contributed by atoms with Crippen LogP contribution < -0.4 is 20.5 Å². The molecule has 1 aliphatic heterocycles. The highest BCUT2D eigenvalue weighted by Crippen LogP contribution is 2.36. The van der Waals surface area contributed by atoms with Crippen LogP contribution in [-0.4, -0.2) is 50.7 Å². The molecule has 3 N–H and O–H groups in total. The summed E-state index contributed by atoms with van der Waals surface area (Å²) < 4.78 is 10.6. The van der Waals surface area contributed by atoms with Gasteiger partial charge in [-0.2, -0.15) is 0 Å². The van der Waals surface area contributed by atoms with Crippen LogP contribution in [0.15, 0.2) is 12.1 Å². The standard InChI is InChI=1S/C15H22ClN3O3/c1-19(11-3-4-18-7-11)8-10-5-12(16)15(13(6-10)21-2)22-9-14(17)20/h5-6,11,18H,3-4,7-9H2,1-2H3,(H2,17,20). The number of nitrogens with zero attached hydrogens (tertiary/aromatic N) is 1. The smallest absolute Gasteiger partial charge is 0.255 e. The second-order valence-electron chi connectivity index (χ2n) is 5.43. The molecule has 1 aliphatic rings. The van der Waals surface area contributed by atoms with Gasteiger partial charge in [-0.05, 0) is 37.7 Å². The number of ether oxygens (including phenoxy) is 2. The average Bonchev–Trinajstić information content (AvgIpc) is 2.99. The summed E-state index contributed by atoms with van der Waals surface area (Å²) in [6.07, 6.45) is 1.14. The number of carbonyl (C=O) groups excluding carboxylic acids is 1. The Balaban J connectivity index is 2.12.